The van der Waals surface area contributed by atoms with E-state index in [1.807, 2.05) is 6.92 Å². The molecule has 0 bridgehead atoms. The van der Waals surface area contributed by atoms with Gasteiger partial charge in [-0.15, -0.1) is 0 Å². The lowest BCUT2D eigenvalue weighted by molar-refractivity contribution is 0.0989. The monoisotopic (exact) mass is 478 g/mol. The fourth-order valence-corrected chi connectivity index (χ4v) is 6.12. The first kappa shape index (κ1) is 22.9. The van der Waals surface area contributed by atoms with Crippen molar-refractivity contribution in [3.05, 3.63) is 46.5 Å². The second-order valence-corrected chi connectivity index (χ2v) is 10.2. The number of nitrogens with zero attached hydrogens (tertiary/aromatic N) is 2. The first-order valence-corrected chi connectivity index (χ1v) is 12.6. The van der Waals surface area contributed by atoms with Gasteiger partial charge in [-0.2, -0.15) is 4.31 Å². The molecule has 1 fully saturated rings. The van der Waals surface area contributed by atoms with Crippen molar-refractivity contribution in [2.45, 2.75) is 37.5 Å². The number of sulfonamides is 1. The van der Waals surface area contributed by atoms with E-state index in [1.54, 1.807) is 39.5 Å². The van der Waals surface area contributed by atoms with Crippen LogP contribution in [0.15, 0.2) is 35.2 Å². The number of hydrogen-bond donors (Lipinski definition) is 0. The zero-order valence-corrected chi connectivity index (χ0v) is 19.8. The normalized spacial score (nSPS) is 16.7. The number of benzene rings is 2. The molecule has 0 unspecified atom stereocenters. The largest absolute Gasteiger partial charge is 0.493 e. The zero-order chi connectivity index (χ0) is 22.9. The number of carbonyl (C=O) groups is 1. The lowest BCUT2D eigenvalue weighted by atomic mass is 10.1. The average Bonchev–Trinajstić information content (AvgIpc) is 3.23. The van der Waals surface area contributed by atoms with Gasteiger partial charge in [0, 0.05) is 30.9 Å². The Balaban J connectivity index is 1.61. The Hall–Kier alpha value is -2.29. The molecule has 1 amide bonds. The number of piperidine rings is 1. The number of amides is 1. The first-order valence-electron chi connectivity index (χ1n) is 10.8. The van der Waals surface area contributed by atoms with Crippen LogP contribution in [-0.2, 0) is 16.4 Å². The quantitative estimate of drug-likeness (QED) is 0.624. The third-order valence-electron chi connectivity index (χ3n) is 5.91. The Morgan fingerprint density at radius 3 is 2.53 bits per heavy atom. The molecule has 0 aliphatic carbocycles. The fourth-order valence-electron chi connectivity index (χ4n) is 4.29. The third kappa shape index (κ3) is 4.19. The second-order valence-electron chi connectivity index (χ2n) is 7.88. The Labute approximate surface area is 193 Å². The van der Waals surface area contributed by atoms with E-state index < -0.39 is 10.0 Å². The zero-order valence-electron chi connectivity index (χ0n) is 18.3. The van der Waals surface area contributed by atoms with Crippen LogP contribution in [0.2, 0.25) is 5.02 Å². The van der Waals surface area contributed by atoms with Crippen molar-refractivity contribution < 1.29 is 22.7 Å². The number of halogens is 1. The number of ether oxygens (including phenoxy) is 2. The van der Waals surface area contributed by atoms with Gasteiger partial charge in [-0.3, -0.25) is 4.79 Å². The lowest BCUT2D eigenvalue weighted by Crippen LogP contribution is -2.35. The van der Waals surface area contributed by atoms with Gasteiger partial charge in [0.05, 0.1) is 23.6 Å². The molecular formula is C23H27ClN2O5S. The van der Waals surface area contributed by atoms with Gasteiger partial charge in [0.25, 0.3) is 5.91 Å². The molecule has 2 heterocycles. The van der Waals surface area contributed by atoms with E-state index in [0.29, 0.717) is 59.6 Å². The van der Waals surface area contributed by atoms with Gasteiger partial charge in [0.2, 0.25) is 10.0 Å². The minimum absolute atomic E-state index is 0.223. The Morgan fingerprint density at radius 2 is 1.84 bits per heavy atom. The van der Waals surface area contributed by atoms with Crippen LogP contribution in [0, 0.1) is 0 Å². The van der Waals surface area contributed by atoms with Gasteiger partial charge >= 0.3 is 0 Å². The van der Waals surface area contributed by atoms with Crippen molar-refractivity contribution in [2.75, 3.05) is 38.3 Å². The van der Waals surface area contributed by atoms with Gasteiger partial charge < -0.3 is 14.4 Å². The summed E-state index contributed by atoms with van der Waals surface area (Å²) in [6.07, 6.45) is 3.43. The molecule has 9 heteroatoms. The summed E-state index contributed by atoms with van der Waals surface area (Å²) in [6.45, 7) is 3.85. The number of carbonyl (C=O) groups excluding carboxylic acids is 1. The van der Waals surface area contributed by atoms with Crippen molar-refractivity contribution in [3.8, 4) is 11.5 Å². The highest BCUT2D eigenvalue weighted by atomic mass is 35.5. The molecule has 0 aromatic heterocycles. The molecule has 4 rings (SSSR count). The molecule has 32 heavy (non-hydrogen) atoms. The highest BCUT2D eigenvalue weighted by Crippen LogP contribution is 2.38. The summed E-state index contributed by atoms with van der Waals surface area (Å²) in [5.41, 5.74) is 1.95. The van der Waals surface area contributed by atoms with E-state index >= 15 is 0 Å². The predicted molar refractivity (Wildman–Crippen MR) is 124 cm³/mol. The Morgan fingerprint density at radius 1 is 1.09 bits per heavy atom. The number of rotatable bonds is 6. The van der Waals surface area contributed by atoms with Crippen molar-refractivity contribution in [1.82, 2.24) is 4.31 Å². The number of methoxy groups -OCH3 is 1. The van der Waals surface area contributed by atoms with Crippen LogP contribution in [0.3, 0.4) is 0 Å². The molecule has 172 valence electrons. The lowest BCUT2D eigenvalue weighted by Gasteiger charge is -2.26. The molecule has 0 radical (unpaired) electrons. The van der Waals surface area contributed by atoms with Crippen LogP contribution in [0.25, 0.3) is 0 Å². The second kappa shape index (κ2) is 9.29. The van der Waals surface area contributed by atoms with Gasteiger partial charge in [0.1, 0.15) is 0 Å². The fraction of sp³-hybridized carbons (Fsp3) is 0.435. The molecule has 0 N–H and O–H groups in total. The number of fused-ring (bicyclic) bond motifs is 1. The van der Waals surface area contributed by atoms with E-state index in [1.165, 1.54) is 7.11 Å². The van der Waals surface area contributed by atoms with Gasteiger partial charge in [-0.05, 0) is 62.1 Å². The van der Waals surface area contributed by atoms with E-state index in [0.717, 1.165) is 30.5 Å². The maximum Gasteiger partial charge on any atom is 0.258 e. The van der Waals surface area contributed by atoms with Gasteiger partial charge in [0.15, 0.2) is 11.5 Å². The molecule has 2 aromatic rings. The topological polar surface area (TPSA) is 76.2 Å². The van der Waals surface area contributed by atoms with Crippen LogP contribution < -0.4 is 14.4 Å². The molecular weight excluding hydrogens is 452 g/mol. The van der Waals surface area contributed by atoms with E-state index in [2.05, 4.69) is 0 Å². The molecule has 0 saturated carbocycles. The average molecular weight is 479 g/mol. The molecule has 2 aromatic carbocycles. The number of anilines is 1. The van der Waals surface area contributed by atoms with Crippen molar-refractivity contribution in [3.63, 3.8) is 0 Å². The van der Waals surface area contributed by atoms with E-state index in [-0.39, 0.29) is 5.91 Å². The predicted octanol–water partition coefficient (Wildman–Crippen LogP) is 4.12. The third-order valence-corrected chi connectivity index (χ3v) is 8.08. The standard InChI is InChI=1S/C23H27ClN2O5S/c1-3-31-22-19(24)14-17(15-21(22)30-2)23(27)26-12-9-16-13-18(7-8-20(16)26)32(28,29)25-10-5-4-6-11-25/h7-8,13-15H,3-6,9-12H2,1-2H3. The summed E-state index contributed by atoms with van der Waals surface area (Å²) in [4.78, 5) is 15.2. The Bertz CT molecular complexity index is 1130. The van der Waals surface area contributed by atoms with Crippen molar-refractivity contribution in [2.24, 2.45) is 0 Å². The number of hydrogen-bond acceptors (Lipinski definition) is 5. The van der Waals surface area contributed by atoms with Crippen molar-refractivity contribution >= 4 is 33.2 Å². The minimum atomic E-state index is -3.52. The highest BCUT2D eigenvalue weighted by molar-refractivity contribution is 7.89. The summed E-state index contributed by atoms with van der Waals surface area (Å²) in [5.74, 6) is 0.575. The van der Waals surface area contributed by atoms with Crippen LogP contribution in [0.4, 0.5) is 5.69 Å². The molecule has 1 saturated heterocycles. The molecule has 0 spiro atoms. The maximum atomic E-state index is 13.3. The summed E-state index contributed by atoms with van der Waals surface area (Å²) < 4.78 is 38.5. The van der Waals surface area contributed by atoms with Crippen LogP contribution in [0.5, 0.6) is 11.5 Å². The van der Waals surface area contributed by atoms with Gasteiger partial charge in [-0.25, -0.2) is 8.42 Å². The van der Waals surface area contributed by atoms with Crippen LogP contribution >= 0.6 is 11.6 Å². The van der Waals surface area contributed by atoms with Crippen molar-refractivity contribution in [1.29, 1.82) is 0 Å². The minimum Gasteiger partial charge on any atom is -0.493 e. The van der Waals surface area contributed by atoms with E-state index in [9.17, 15) is 13.2 Å². The summed E-state index contributed by atoms with van der Waals surface area (Å²) >= 11 is 6.34. The van der Waals surface area contributed by atoms with Gasteiger partial charge in [-0.1, -0.05) is 18.0 Å². The highest BCUT2D eigenvalue weighted by Gasteiger charge is 2.31. The van der Waals surface area contributed by atoms with E-state index in [4.69, 9.17) is 21.1 Å². The smallest absolute Gasteiger partial charge is 0.258 e. The van der Waals surface area contributed by atoms with Crippen LogP contribution in [0.1, 0.15) is 42.1 Å². The summed E-state index contributed by atoms with van der Waals surface area (Å²) in [6, 6.07) is 8.22. The molecule has 2 aliphatic heterocycles. The SMILES string of the molecule is CCOc1c(Cl)cc(C(=O)N2CCc3cc(S(=O)(=O)N4CCCCC4)ccc32)cc1OC. The maximum absolute atomic E-state index is 13.3. The summed E-state index contributed by atoms with van der Waals surface area (Å²) in [5, 5.41) is 0.303. The molecule has 2 aliphatic rings. The molecule has 7 nitrogen and oxygen atoms in total. The Kier molecular flexibility index (Phi) is 6.65. The first-order chi connectivity index (χ1) is 15.4. The molecule has 0 atom stereocenters. The van der Waals surface area contributed by atoms with Crippen LogP contribution in [-0.4, -0.2) is 52.0 Å². The summed E-state index contributed by atoms with van der Waals surface area (Å²) in [7, 11) is -2.02.